The number of anilines is 1. The summed E-state index contributed by atoms with van der Waals surface area (Å²) in [6.45, 7) is 2.09. The molecule has 2 aromatic rings. The van der Waals surface area contributed by atoms with Crippen molar-refractivity contribution >= 4 is 23.7 Å². The Morgan fingerprint density at radius 3 is 3.00 bits per heavy atom. The van der Waals surface area contributed by atoms with Crippen molar-refractivity contribution in [2.75, 3.05) is 17.8 Å². The number of thioether (sulfide) groups is 1. The number of nitrogens with one attached hydrogen (secondary N) is 1. The molecule has 0 fully saturated rings. The molecule has 9 nitrogen and oxygen atoms in total. The number of ether oxygens (including phenoxy) is 1. The Kier molecular flexibility index (Phi) is 4.85. The molecule has 10 heteroatoms. The first-order chi connectivity index (χ1) is 9.72. The van der Waals surface area contributed by atoms with E-state index in [2.05, 4.69) is 25.4 Å². The van der Waals surface area contributed by atoms with Crippen LogP contribution in [0.15, 0.2) is 23.9 Å². The molecule has 2 heterocycles. The van der Waals surface area contributed by atoms with Crippen molar-refractivity contribution in [2.24, 2.45) is 5.84 Å². The van der Waals surface area contributed by atoms with Crippen LogP contribution in [0.25, 0.3) is 5.95 Å². The first-order valence-corrected chi connectivity index (χ1v) is 6.71. The van der Waals surface area contributed by atoms with Crippen molar-refractivity contribution in [2.45, 2.75) is 12.1 Å². The highest BCUT2D eigenvalue weighted by Crippen LogP contribution is 2.16. The molecule has 0 saturated heterocycles. The number of aromatic nitrogens is 5. The summed E-state index contributed by atoms with van der Waals surface area (Å²) in [4.78, 5) is 27.6. The van der Waals surface area contributed by atoms with Crippen LogP contribution in [0.4, 0.5) is 5.95 Å². The van der Waals surface area contributed by atoms with Crippen molar-refractivity contribution in [3.8, 4) is 5.95 Å². The zero-order valence-electron chi connectivity index (χ0n) is 10.7. The molecule has 3 N–H and O–H groups in total. The molecule has 0 atom stereocenters. The third-order valence-corrected chi connectivity index (χ3v) is 2.91. The largest absolute Gasteiger partial charge is 0.465 e. The van der Waals surface area contributed by atoms with Gasteiger partial charge in [0.15, 0.2) is 5.16 Å². The highest BCUT2D eigenvalue weighted by molar-refractivity contribution is 7.99. The van der Waals surface area contributed by atoms with Gasteiger partial charge in [0, 0.05) is 12.4 Å². The molecular weight excluding hydrogens is 282 g/mol. The van der Waals surface area contributed by atoms with E-state index in [4.69, 9.17) is 10.6 Å². The SMILES string of the molecule is CCOC(=O)CSc1nc(NN)nc(-n2ccnc2)n1. The van der Waals surface area contributed by atoms with Crippen LogP contribution in [0.2, 0.25) is 0 Å². The first kappa shape index (κ1) is 14.2. The van der Waals surface area contributed by atoms with Crippen molar-refractivity contribution in [1.82, 2.24) is 24.5 Å². The van der Waals surface area contributed by atoms with Gasteiger partial charge < -0.3 is 4.74 Å². The lowest BCUT2D eigenvalue weighted by Gasteiger charge is -2.06. The van der Waals surface area contributed by atoms with Gasteiger partial charge in [-0.15, -0.1) is 0 Å². The Labute approximate surface area is 119 Å². The Hall–Kier alpha value is -2.20. The van der Waals surface area contributed by atoms with E-state index in [1.54, 1.807) is 30.2 Å². The lowest BCUT2D eigenvalue weighted by Crippen LogP contribution is -2.14. The van der Waals surface area contributed by atoms with Crippen LogP contribution < -0.4 is 11.3 Å². The zero-order chi connectivity index (χ0) is 14.4. The van der Waals surface area contributed by atoms with E-state index < -0.39 is 0 Å². The Balaban J connectivity index is 2.16. The fraction of sp³-hybridized carbons (Fsp3) is 0.300. The number of nitrogen functional groups attached to an aromatic ring is 1. The Morgan fingerprint density at radius 2 is 2.35 bits per heavy atom. The molecule has 2 rings (SSSR count). The number of rotatable bonds is 6. The van der Waals surface area contributed by atoms with Gasteiger partial charge in [-0.1, -0.05) is 11.8 Å². The quantitative estimate of drug-likeness (QED) is 0.328. The molecule has 2 aromatic heterocycles. The molecule has 0 spiro atoms. The van der Waals surface area contributed by atoms with Gasteiger partial charge in [0.25, 0.3) is 0 Å². The summed E-state index contributed by atoms with van der Waals surface area (Å²) in [7, 11) is 0. The number of carbonyl (C=O) groups is 1. The van der Waals surface area contributed by atoms with Gasteiger partial charge in [-0.2, -0.15) is 15.0 Å². The highest BCUT2D eigenvalue weighted by atomic mass is 32.2. The van der Waals surface area contributed by atoms with Crippen LogP contribution in [0, 0.1) is 0 Å². The van der Waals surface area contributed by atoms with Crippen LogP contribution in [-0.4, -0.2) is 42.8 Å². The van der Waals surface area contributed by atoms with E-state index in [9.17, 15) is 4.79 Å². The van der Waals surface area contributed by atoms with Crippen LogP contribution in [-0.2, 0) is 9.53 Å². The summed E-state index contributed by atoms with van der Waals surface area (Å²) in [5, 5.41) is 0.365. The Bertz CT molecular complexity index is 575. The first-order valence-electron chi connectivity index (χ1n) is 5.72. The van der Waals surface area contributed by atoms with Crippen molar-refractivity contribution in [1.29, 1.82) is 0 Å². The summed E-state index contributed by atoms with van der Waals surface area (Å²) < 4.78 is 6.44. The zero-order valence-corrected chi connectivity index (χ0v) is 11.5. The monoisotopic (exact) mass is 295 g/mol. The summed E-state index contributed by atoms with van der Waals surface area (Å²) in [5.74, 6) is 5.67. The molecule has 0 unspecified atom stereocenters. The molecule has 20 heavy (non-hydrogen) atoms. The summed E-state index contributed by atoms with van der Waals surface area (Å²) >= 11 is 1.14. The molecule has 0 radical (unpaired) electrons. The maximum Gasteiger partial charge on any atom is 0.316 e. The van der Waals surface area contributed by atoms with Crippen LogP contribution in [0.3, 0.4) is 0 Å². The maximum absolute atomic E-state index is 11.3. The van der Waals surface area contributed by atoms with Crippen molar-refractivity contribution in [3.63, 3.8) is 0 Å². The summed E-state index contributed by atoms with van der Waals surface area (Å²) in [6.07, 6.45) is 4.84. The molecule has 0 aromatic carbocycles. The third-order valence-electron chi connectivity index (χ3n) is 2.09. The van der Waals surface area contributed by atoms with Gasteiger partial charge in [-0.05, 0) is 6.92 Å². The van der Waals surface area contributed by atoms with Crippen molar-refractivity contribution < 1.29 is 9.53 Å². The molecule has 0 amide bonds. The number of hydrazine groups is 1. The van der Waals surface area contributed by atoms with Gasteiger partial charge in [0.2, 0.25) is 11.9 Å². The standard InChI is InChI=1S/C10H13N7O2S/c1-2-19-7(18)5-20-10-14-8(16-11)13-9(15-10)17-4-3-12-6-17/h3-4,6H,2,5,11H2,1H3,(H,13,14,15,16). The molecule has 0 aliphatic carbocycles. The molecule has 0 aliphatic heterocycles. The second kappa shape index (κ2) is 6.82. The van der Waals surface area contributed by atoms with Gasteiger partial charge in [-0.25, -0.2) is 10.8 Å². The van der Waals surface area contributed by atoms with E-state index in [0.29, 0.717) is 17.7 Å². The average molecular weight is 295 g/mol. The third kappa shape index (κ3) is 3.65. The van der Waals surface area contributed by atoms with E-state index in [1.807, 2.05) is 0 Å². The van der Waals surface area contributed by atoms with E-state index >= 15 is 0 Å². The van der Waals surface area contributed by atoms with Crippen LogP contribution in [0.1, 0.15) is 6.92 Å². The number of esters is 1. The number of hydrogen-bond donors (Lipinski definition) is 2. The lowest BCUT2D eigenvalue weighted by atomic mass is 10.8. The van der Waals surface area contributed by atoms with Gasteiger partial charge in [0.05, 0.1) is 12.4 Å². The molecule has 0 bridgehead atoms. The van der Waals surface area contributed by atoms with Crippen LogP contribution >= 0.6 is 11.8 Å². The number of hydrogen-bond acceptors (Lipinski definition) is 9. The van der Waals surface area contributed by atoms with E-state index in [1.165, 1.54) is 0 Å². The molecule has 0 saturated carbocycles. The topological polar surface area (TPSA) is 121 Å². The van der Waals surface area contributed by atoms with Gasteiger partial charge in [-0.3, -0.25) is 14.8 Å². The highest BCUT2D eigenvalue weighted by Gasteiger charge is 2.10. The summed E-state index contributed by atoms with van der Waals surface area (Å²) in [5.41, 5.74) is 2.36. The smallest absolute Gasteiger partial charge is 0.316 e. The normalized spacial score (nSPS) is 10.3. The predicted octanol–water partition coefficient (Wildman–Crippen LogP) is -0.00190. The molecule has 0 aliphatic rings. The Morgan fingerprint density at radius 1 is 1.50 bits per heavy atom. The second-order valence-corrected chi connectivity index (χ2v) is 4.39. The maximum atomic E-state index is 11.3. The molecular formula is C10H13N7O2S. The fourth-order valence-corrected chi connectivity index (χ4v) is 1.92. The number of nitrogens with two attached hydrogens (primary N) is 1. The van der Waals surface area contributed by atoms with Crippen LogP contribution in [0.5, 0.6) is 0 Å². The van der Waals surface area contributed by atoms with Gasteiger partial charge >= 0.3 is 5.97 Å². The number of carbonyl (C=O) groups excluding carboxylic acids is 1. The number of imidazole rings is 1. The minimum atomic E-state index is -0.329. The van der Waals surface area contributed by atoms with Crippen molar-refractivity contribution in [3.05, 3.63) is 18.7 Å². The fourth-order valence-electron chi connectivity index (χ4n) is 1.29. The lowest BCUT2D eigenvalue weighted by molar-refractivity contribution is -0.139. The van der Waals surface area contributed by atoms with E-state index in [0.717, 1.165) is 11.8 Å². The second-order valence-electron chi connectivity index (χ2n) is 3.45. The summed E-state index contributed by atoms with van der Waals surface area (Å²) in [6, 6.07) is 0. The minimum Gasteiger partial charge on any atom is -0.465 e. The average Bonchev–Trinajstić information content (AvgIpc) is 2.99. The molecule has 106 valence electrons. The van der Waals surface area contributed by atoms with E-state index in [-0.39, 0.29) is 17.7 Å². The van der Waals surface area contributed by atoms with Gasteiger partial charge in [0.1, 0.15) is 6.33 Å². The predicted molar refractivity (Wildman–Crippen MR) is 72.1 cm³/mol. The minimum absolute atomic E-state index is 0.116. The number of nitrogens with zero attached hydrogens (tertiary/aromatic N) is 5.